The van der Waals surface area contributed by atoms with Crippen molar-refractivity contribution in [3.05, 3.63) is 53.6 Å². The van der Waals surface area contributed by atoms with Crippen molar-refractivity contribution in [2.75, 3.05) is 102 Å². The largest absolute Gasteiger partial charge is 0.388 e. The highest BCUT2D eigenvalue weighted by Crippen LogP contribution is 2.31. The molecule has 0 saturated carbocycles. The van der Waals surface area contributed by atoms with Gasteiger partial charge in [0.2, 0.25) is 0 Å². The van der Waals surface area contributed by atoms with Gasteiger partial charge in [0.1, 0.15) is 24.4 Å². The molecule has 12 nitrogen and oxygen atoms in total. The van der Waals surface area contributed by atoms with Crippen molar-refractivity contribution in [3.8, 4) is 0 Å². The van der Waals surface area contributed by atoms with Gasteiger partial charge in [0.15, 0.2) is 0 Å². The molecule has 4 unspecified atom stereocenters. The van der Waals surface area contributed by atoms with Crippen molar-refractivity contribution in [3.63, 3.8) is 0 Å². The molecule has 4 atom stereocenters. The van der Waals surface area contributed by atoms with Crippen LogP contribution in [0.15, 0.2) is 42.5 Å². The van der Waals surface area contributed by atoms with E-state index < -0.39 is 11.5 Å². The van der Waals surface area contributed by atoms with Crippen molar-refractivity contribution in [2.45, 2.75) is 37.8 Å². The third kappa shape index (κ3) is 9.74. The number of nitrogens with one attached hydrogen (secondary N) is 2. The fraction of sp³-hybridized carbons (Fsp3) is 0.625. The van der Waals surface area contributed by atoms with E-state index in [1.54, 1.807) is 0 Å². The standard InChI is InChI=1S/C32H45N3O9/c1-23-10-25(35-33-30-4-2-3-5-31(30)34-35)7-6-24(23)8-9-37-11-26(36)12-38-19-32(20-39-13-27-16-42-27,21-40-14-28-17-43-28)22-41-15-29-18-44-29/h2-7,10,26-29,33-34,36H,8-9,11-22H2,1H3. The van der Waals surface area contributed by atoms with Gasteiger partial charge in [-0.15, -0.1) is 0 Å². The lowest BCUT2D eigenvalue weighted by Gasteiger charge is -2.33. The molecule has 4 aliphatic heterocycles. The Balaban J connectivity index is 0.919. The van der Waals surface area contributed by atoms with Gasteiger partial charge in [0, 0.05) is 0 Å². The number of ether oxygens (including phenoxy) is 8. The maximum absolute atomic E-state index is 10.6. The van der Waals surface area contributed by atoms with Gasteiger partial charge in [-0.05, 0) is 48.7 Å². The second-order valence-electron chi connectivity index (χ2n) is 12.1. The first-order valence-electron chi connectivity index (χ1n) is 15.5. The number of benzene rings is 2. The molecule has 0 bridgehead atoms. The molecular formula is C32H45N3O9. The molecule has 0 spiro atoms. The van der Waals surface area contributed by atoms with Crippen molar-refractivity contribution < 1.29 is 43.0 Å². The summed E-state index contributed by atoms with van der Waals surface area (Å²) < 4.78 is 45.7. The number of rotatable bonds is 22. The number of anilines is 3. The fourth-order valence-electron chi connectivity index (χ4n) is 5.00. The van der Waals surface area contributed by atoms with Gasteiger partial charge in [-0.25, -0.2) is 0 Å². The van der Waals surface area contributed by atoms with Crippen molar-refractivity contribution in [2.24, 2.45) is 5.41 Å². The van der Waals surface area contributed by atoms with Crippen LogP contribution in [0.5, 0.6) is 0 Å². The molecule has 0 aliphatic carbocycles. The second-order valence-corrected chi connectivity index (χ2v) is 12.1. The molecule has 3 saturated heterocycles. The van der Waals surface area contributed by atoms with E-state index >= 15 is 0 Å². The minimum Gasteiger partial charge on any atom is -0.388 e. The maximum atomic E-state index is 10.6. The summed E-state index contributed by atoms with van der Waals surface area (Å²) in [5.74, 6) is 0. The summed E-state index contributed by atoms with van der Waals surface area (Å²) in [6, 6.07) is 14.4. The Morgan fingerprint density at radius 2 is 1.32 bits per heavy atom. The first-order chi connectivity index (χ1) is 21.6. The lowest BCUT2D eigenvalue weighted by molar-refractivity contribution is -0.120. The molecule has 6 rings (SSSR count). The average Bonchev–Trinajstić information content (AvgIpc) is 3.89. The lowest BCUT2D eigenvalue weighted by atomic mass is 9.92. The van der Waals surface area contributed by atoms with Crippen LogP contribution in [0.3, 0.4) is 0 Å². The lowest BCUT2D eigenvalue weighted by Crippen LogP contribution is -2.43. The predicted molar refractivity (Wildman–Crippen MR) is 163 cm³/mol. The average molecular weight is 616 g/mol. The van der Waals surface area contributed by atoms with E-state index in [0.717, 1.165) is 43.3 Å². The van der Waals surface area contributed by atoms with Crippen molar-refractivity contribution in [1.82, 2.24) is 0 Å². The molecule has 2 aromatic carbocycles. The quantitative estimate of drug-likeness (QED) is 0.133. The molecule has 3 fully saturated rings. The Morgan fingerprint density at radius 1 is 0.795 bits per heavy atom. The summed E-state index contributed by atoms with van der Waals surface area (Å²) in [4.78, 5) is 0. The Kier molecular flexibility index (Phi) is 10.9. The third-order valence-electron chi connectivity index (χ3n) is 7.86. The van der Waals surface area contributed by atoms with Crippen molar-refractivity contribution >= 4 is 17.1 Å². The highest BCUT2D eigenvalue weighted by molar-refractivity contribution is 5.79. The van der Waals surface area contributed by atoms with E-state index in [-0.39, 0.29) is 31.5 Å². The fourth-order valence-corrected chi connectivity index (χ4v) is 5.00. The summed E-state index contributed by atoms with van der Waals surface area (Å²) in [6.45, 7) is 8.18. The van der Waals surface area contributed by atoms with Gasteiger partial charge in [-0.2, -0.15) is 5.12 Å². The molecule has 242 valence electrons. The number of aryl methyl sites for hydroxylation is 1. The number of hydrogen-bond donors (Lipinski definition) is 3. The Morgan fingerprint density at radius 3 is 1.84 bits per heavy atom. The summed E-state index contributed by atoms with van der Waals surface area (Å²) in [5.41, 5.74) is 11.7. The van der Waals surface area contributed by atoms with Gasteiger partial charge in [0.05, 0.1) is 108 Å². The number of fused-ring (bicyclic) bond motifs is 1. The molecule has 3 N–H and O–H groups in total. The summed E-state index contributed by atoms with van der Waals surface area (Å²) in [6.07, 6.45) is 0.469. The van der Waals surface area contributed by atoms with Crippen LogP contribution < -0.4 is 16.0 Å². The van der Waals surface area contributed by atoms with Crippen LogP contribution in [0.25, 0.3) is 0 Å². The van der Waals surface area contributed by atoms with E-state index in [2.05, 4.69) is 36.0 Å². The van der Waals surface area contributed by atoms with Crippen LogP contribution in [-0.2, 0) is 44.3 Å². The zero-order chi connectivity index (χ0) is 30.2. The van der Waals surface area contributed by atoms with Crippen LogP contribution in [0.2, 0.25) is 0 Å². The number of nitrogens with zero attached hydrogens (tertiary/aromatic N) is 1. The van der Waals surface area contributed by atoms with Crippen LogP contribution in [0, 0.1) is 12.3 Å². The summed E-state index contributed by atoms with van der Waals surface area (Å²) >= 11 is 0. The van der Waals surface area contributed by atoms with Gasteiger partial charge in [-0.1, -0.05) is 18.2 Å². The van der Waals surface area contributed by atoms with Crippen LogP contribution >= 0.6 is 0 Å². The van der Waals surface area contributed by atoms with Gasteiger partial charge >= 0.3 is 0 Å². The minimum absolute atomic E-state index is 0.136. The number of hydrazine groups is 2. The third-order valence-corrected chi connectivity index (χ3v) is 7.86. The first-order valence-corrected chi connectivity index (χ1v) is 15.5. The maximum Gasteiger partial charge on any atom is 0.104 e. The monoisotopic (exact) mass is 615 g/mol. The number of epoxide rings is 3. The smallest absolute Gasteiger partial charge is 0.104 e. The molecule has 4 heterocycles. The van der Waals surface area contributed by atoms with Gasteiger partial charge < -0.3 is 43.0 Å². The molecule has 0 radical (unpaired) electrons. The van der Waals surface area contributed by atoms with Crippen LogP contribution in [0.1, 0.15) is 11.1 Å². The molecule has 4 aliphatic rings. The molecule has 2 aromatic rings. The molecule has 0 amide bonds. The Bertz CT molecular complexity index is 1120. The zero-order valence-electron chi connectivity index (χ0n) is 25.4. The van der Waals surface area contributed by atoms with Gasteiger partial charge in [-0.3, -0.25) is 10.9 Å². The number of hydrogen-bond acceptors (Lipinski definition) is 12. The van der Waals surface area contributed by atoms with E-state index in [1.807, 2.05) is 29.4 Å². The SMILES string of the molecule is Cc1cc(N2Nc3ccccc3N2)ccc1CCOCC(O)COCC(COCC1CO1)(COCC1CO1)COCC1CO1. The molecule has 0 aromatic heterocycles. The number of aliphatic hydroxyl groups is 1. The van der Waals surface area contributed by atoms with Crippen LogP contribution in [-0.4, -0.2) is 115 Å². The van der Waals surface area contributed by atoms with Crippen molar-refractivity contribution in [1.29, 1.82) is 0 Å². The van der Waals surface area contributed by atoms with E-state index in [9.17, 15) is 5.11 Å². The Hall–Kier alpha value is -2.52. The first kappa shape index (κ1) is 31.5. The predicted octanol–water partition coefficient (Wildman–Crippen LogP) is 2.34. The highest BCUT2D eigenvalue weighted by Gasteiger charge is 2.36. The molecule has 44 heavy (non-hydrogen) atoms. The highest BCUT2D eigenvalue weighted by atomic mass is 16.6. The van der Waals surface area contributed by atoms with Crippen LogP contribution in [0.4, 0.5) is 17.1 Å². The number of para-hydroxylation sites is 2. The Labute approximate surface area is 258 Å². The molecule has 12 heteroatoms. The summed E-state index contributed by atoms with van der Waals surface area (Å²) in [7, 11) is 0. The normalized spacial score (nSPS) is 23.4. The topological polar surface area (TPSA) is 131 Å². The minimum atomic E-state index is -0.757. The zero-order valence-corrected chi connectivity index (χ0v) is 25.4. The van der Waals surface area contributed by atoms with Gasteiger partial charge in [0.25, 0.3) is 0 Å². The van der Waals surface area contributed by atoms with E-state index in [1.165, 1.54) is 11.1 Å². The second kappa shape index (κ2) is 15.2. The van der Waals surface area contributed by atoms with E-state index in [4.69, 9.17) is 37.9 Å². The summed E-state index contributed by atoms with van der Waals surface area (Å²) in [5, 5.41) is 12.5. The molecular weight excluding hydrogens is 570 g/mol. The number of aliphatic hydroxyl groups excluding tert-OH is 1. The van der Waals surface area contributed by atoms with E-state index in [0.29, 0.717) is 52.9 Å².